The third-order valence-electron chi connectivity index (χ3n) is 4.20. The summed E-state index contributed by atoms with van der Waals surface area (Å²) >= 11 is 25.1. The maximum atomic E-state index is 12.2. The topological polar surface area (TPSA) is 50.7 Å². The average Bonchev–Trinajstić information content (AvgIpc) is 2.72. The molecule has 31 heavy (non-hydrogen) atoms. The van der Waals surface area contributed by atoms with E-state index in [0.29, 0.717) is 33.0 Å². The molecule has 1 N–H and O–H groups in total. The molecule has 0 aliphatic rings. The van der Waals surface area contributed by atoms with E-state index in [-0.39, 0.29) is 5.91 Å². The molecule has 0 aromatic heterocycles. The van der Waals surface area contributed by atoms with Crippen molar-refractivity contribution in [1.82, 2.24) is 5.43 Å². The highest BCUT2D eigenvalue weighted by Gasteiger charge is 2.10. The molecule has 0 fully saturated rings. The Morgan fingerprint density at radius 1 is 1.00 bits per heavy atom. The molecule has 3 aromatic carbocycles. The van der Waals surface area contributed by atoms with Crippen molar-refractivity contribution >= 4 is 78.8 Å². The Kier molecular flexibility index (Phi) is 8.42. The van der Waals surface area contributed by atoms with Gasteiger partial charge < -0.3 is 4.74 Å². The van der Waals surface area contributed by atoms with Crippen molar-refractivity contribution in [3.63, 3.8) is 0 Å². The number of carbonyl (C=O) groups is 1. The summed E-state index contributed by atoms with van der Waals surface area (Å²) < 4.78 is 7.35. The highest BCUT2D eigenvalue weighted by molar-refractivity contribution is 9.11. The average molecular weight is 606 g/mol. The fraction of sp³-hybridized carbons (Fsp3) is 0.0909. The largest absolute Gasteiger partial charge is 0.487 e. The second kappa shape index (κ2) is 10.8. The number of ether oxygens (including phenoxy) is 1. The molecule has 0 unspecified atom stereocenters. The van der Waals surface area contributed by atoms with Crippen LogP contribution in [0.4, 0.5) is 0 Å². The Hall–Kier alpha value is -1.57. The van der Waals surface area contributed by atoms with Crippen LogP contribution in [0, 0.1) is 6.92 Å². The van der Waals surface area contributed by atoms with Crippen LogP contribution < -0.4 is 10.2 Å². The third kappa shape index (κ3) is 6.46. The SMILES string of the molecule is Cc1ccc(C(=O)N/N=C\c2cc(Br)c(OCc3ccc(Cl)c(Cl)c3)c(Br)c2)cc1Cl. The first-order valence-electron chi connectivity index (χ1n) is 8.90. The van der Waals surface area contributed by atoms with Gasteiger partial charge in [-0.3, -0.25) is 4.79 Å². The Morgan fingerprint density at radius 3 is 2.35 bits per heavy atom. The van der Waals surface area contributed by atoms with Crippen molar-refractivity contribution < 1.29 is 9.53 Å². The lowest BCUT2D eigenvalue weighted by molar-refractivity contribution is 0.0955. The van der Waals surface area contributed by atoms with Crippen molar-refractivity contribution in [2.45, 2.75) is 13.5 Å². The summed E-state index contributed by atoms with van der Waals surface area (Å²) in [6, 6.07) is 14.1. The maximum Gasteiger partial charge on any atom is 0.271 e. The molecule has 0 saturated heterocycles. The fourth-order valence-electron chi connectivity index (χ4n) is 2.54. The lowest BCUT2D eigenvalue weighted by Gasteiger charge is -2.12. The van der Waals surface area contributed by atoms with Crippen molar-refractivity contribution in [3.8, 4) is 5.75 Å². The van der Waals surface area contributed by atoms with Crippen molar-refractivity contribution in [2.75, 3.05) is 0 Å². The summed E-state index contributed by atoms with van der Waals surface area (Å²) in [5, 5.41) is 5.51. The molecule has 3 rings (SSSR count). The van der Waals surface area contributed by atoms with Gasteiger partial charge in [0, 0.05) is 10.6 Å². The molecule has 1 amide bonds. The predicted molar refractivity (Wildman–Crippen MR) is 134 cm³/mol. The highest BCUT2D eigenvalue weighted by atomic mass is 79.9. The minimum Gasteiger partial charge on any atom is -0.487 e. The second-order valence-corrected chi connectivity index (χ2v) is 9.44. The summed E-state index contributed by atoms with van der Waals surface area (Å²) in [6.45, 7) is 2.19. The lowest BCUT2D eigenvalue weighted by Crippen LogP contribution is -2.17. The zero-order valence-electron chi connectivity index (χ0n) is 16.1. The molecular formula is C22H15Br2Cl3N2O2. The number of nitrogens with zero attached hydrogens (tertiary/aromatic N) is 1. The lowest BCUT2D eigenvalue weighted by atomic mass is 10.1. The Labute approximate surface area is 211 Å². The summed E-state index contributed by atoms with van der Waals surface area (Å²) in [7, 11) is 0. The van der Waals surface area contributed by atoms with E-state index in [1.54, 1.807) is 30.3 Å². The zero-order chi connectivity index (χ0) is 22.5. The van der Waals surface area contributed by atoms with Crippen LogP contribution in [0.15, 0.2) is 62.6 Å². The quantitative estimate of drug-likeness (QED) is 0.230. The summed E-state index contributed by atoms with van der Waals surface area (Å²) in [5.74, 6) is 0.277. The molecule has 0 radical (unpaired) electrons. The first-order valence-corrected chi connectivity index (χ1v) is 11.6. The Morgan fingerprint density at radius 2 is 1.71 bits per heavy atom. The number of nitrogens with one attached hydrogen (secondary N) is 1. The van der Waals surface area contributed by atoms with Gasteiger partial charge in [0.2, 0.25) is 0 Å². The number of amides is 1. The molecule has 9 heteroatoms. The fourth-order valence-corrected chi connectivity index (χ4v) is 4.49. The summed E-state index contributed by atoms with van der Waals surface area (Å²) in [5.41, 5.74) is 5.46. The standard InChI is InChI=1S/C22H15Br2Cl3N2O2/c1-12-2-4-15(9-19(12)26)22(30)29-28-10-14-6-16(23)21(17(24)7-14)31-11-13-3-5-18(25)20(27)8-13/h2-10H,11H2,1H3,(H,29,30)/b28-10-. The van der Waals surface area contributed by atoms with Crippen molar-refractivity contribution in [1.29, 1.82) is 0 Å². The minimum absolute atomic E-state index is 0.316. The number of aryl methyl sites for hydroxylation is 1. The molecule has 0 atom stereocenters. The number of hydrogen-bond donors (Lipinski definition) is 1. The number of halogens is 5. The van der Waals surface area contributed by atoms with Gasteiger partial charge in [0.05, 0.1) is 25.2 Å². The van der Waals surface area contributed by atoms with Crippen LogP contribution in [0.2, 0.25) is 15.1 Å². The summed E-state index contributed by atoms with van der Waals surface area (Å²) in [6.07, 6.45) is 1.53. The van der Waals surface area contributed by atoms with Crippen LogP contribution in [0.3, 0.4) is 0 Å². The van der Waals surface area contributed by atoms with Crippen LogP contribution in [-0.4, -0.2) is 12.1 Å². The zero-order valence-corrected chi connectivity index (χ0v) is 21.5. The maximum absolute atomic E-state index is 12.2. The number of hydrogen-bond acceptors (Lipinski definition) is 3. The van der Waals surface area contributed by atoms with E-state index in [9.17, 15) is 4.79 Å². The molecular weight excluding hydrogens is 590 g/mol. The van der Waals surface area contributed by atoms with Crippen LogP contribution in [0.5, 0.6) is 5.75 Å². The van der Waals surface area contributed by atoms with E-state index >= 15 is 0 Å². The van der Waals surface area contributed by atoms with E-state index in [1.165, 1.54) is 6.21 Å². The number of carbonyl (C=O) groups excluding carboxylic acids is 1. The molecule has 0 aliphatic heterocycles. The third-order valence-corrected chi connectivity index (χ3v) is 6.53. The van der Waals surface area contributed by atoms with E-state index in [2.05, 4.69) is 42.4 Å². The molecule has 0 heterocycles. The van der Waals surface area contributed by atoms with Gasteiger partial charge in [-0.25, -0.2) is 5.43 Å². The second-order valence-electron chi connectivity index (χ2n) is 6.51. The van der Waals surface area contributed by atoms with Gasteiger partial charge >= 0.3 is 0 Å². The monoisotopic (exact) mass is 602 g/mol. The molecule has 0 bridgehead atoms. The van der Waals surface area contributed by atoms with Gasteiger partial charge in [0.15, 0.2) is 0 Å². The molecule has 160 valence electrons. The van der Waals surface area contributed by atoms with E-state index < -0.39 is 0 Å². The van der Waals surface area contributed by atoms with Crippen molar-refractivity contribution in [2.24, 2.45) is 5.10 Å². The van der Waals surface area contributed by atoms with Gasteiger partial charge in [-0.2, -0.15) is 5.10 Å². The smallest absolute Gasteiger partial charge is 0.271 e. The number of hydrazone groups is 1. The van der Waals surface area contributed by atoms with E-state index in [0.717, 1.165) is 25.6 Å². The molecule has 3 aromatic rings. The first kappa shape index (κ1) is 24.1. The van der Waals surface area contributed by atoms with E-state index in [1.807, 2.05) is 25.1 Å². The first-order chi connectivity index (χ1) is 14.7. The Balaban J connectivity index is 1.65. The van der Waals surface area contributed by atoms with Gasteiger partial charge in [0.1, 0.15) is 12.4 Å². The van der Waals surface area contributed by atoms with Crippen LogP contribution >= 0.6 is 66.7 Å². The Bertz CT molecular complexity index is 1150. The molecule has 4 nitrogen and oxygen atoms in total. The highest BCUT2D eigenvalue weighted by Crippen LogP contribution is 2.35. The number of benzene rings is 3. The minimum atomic E-state index is -0.349. The van der Waals surface area contributed by atoms with Crippen LogP contribution in [-0.2, 0) is 6.61 Å². The normalized spacial score (nSPS) is 11.0. The van der Waals surface area contributed by atoms with Crippen LogP contribution in [0.1, 0.15) is 27.0 Å². The van der Waals surface area contributed by atoms with Crippen LogP contribution in [0.25, 0.3) is 0 Å². The van der Waals surface area contributed by atoms with Gasteiger partial charge in [-0.05, 0) is 91.9 Å². The molecule has 0 spiro atoms. The van der Waals surface area contributed by atoms with Gasteiger partial charge in [0.25, 0.3) is 5.91 Å². The summed E-state index contributed by atoms with van der Waals surface area (Å²) in [4.78, 5) is 12.2. The molecule has 0 aliphatic carbocycles. The molecule has 0 saturated carbocycles. The number of rotatable bonds is 6. The van der Waals surface area contributed by atoms with Gasteiger partial charge in [-0.15, -0.1) is 0 Å². The van der Waals surface area contributed by atoms with E-state index in [4.69, 9.17) is 39.5 Å². The van der Waals surface area contributed by atoms with Crippen molar-refractivity contribution in [3.05, 3.63) is 94.8 Å². The predicted octanol–water partition coefficient (Wildman–Crippen LogP) is 7.82. The van der Waals surface area contributed by atoms with Gasteiger partial charge in [-0.1, -0.05) is 46.9 Å².